The molecule has 2 aromatic rings. The van der Waals surface area contributed by atoms with Crippen molar-refractivity contribution in [2.45, 2.75) is 13.0 Å². The molecule has 0 bridgehead atoms. The van der Waals surface area contributed by atoms with E-state index >= 15 is 0 Å². The minimum atomic E-state index is -0.456. The van der Waals surface area contributed by atoms with Gasteiger partial charge in [-0.3, -0.25) is 10.00 Å². The smallest absolute Gasteiger partial charge is 0.0916 e. The number of β-amino-alcohol motifs (C(OH)–C–C–N with tert-alkyl or cyclic N) is 1. The van der Waals surface area contributed by atoms with Crippen molar-refractivity contribution >= 4 is 0 Å². The molecule has 1 atom stereocenters. The van der Waals surface area contributed by atoms with Crippen molar-refractivity contribution in [2.75, 3.05) is 32.8 Å². The lowest BCUT2D eigenvalue weighted by Gasteiger charge is -2.28. The average molecular weight is 287 g/mol. The lowest BCUT2D eigenvalue weighted by atomic mass is 10.0. The van der Waals surface area contributed by atoms with Crippen LogP contribution < -0.4 is 0 Å². The third kappa shape index (κ3) is 3.32. The number of nitrogens with zero attached hydrogens (tertiary/aromatic N) is 2. The number of ether oxygens (including phenoxy) is 1. The van der Waals surface area contributed by atoms with Gasteiger partial charge in [-0.25, -0.2) is 0 Å². The van der Waals surface area contributed by atoms with Gasteiger partial charge < -0.3 is 9.84 Å². The van der Waals surface area contributed by atoms with E-state index in [1.54, 1.807) is 0 Å². The maximum atomic E-state index is 10.3. The molecule has 1 aliphatic rings. The molecule has 1 saturated heterocycles. The van der Waals surface area contributed by atoms with Crippen LogP contribution in [0.1, 0.15) is 17.4 Å². The molecule has 3 rings (SSSR count). The number of morpholine rings is 1. The first-order valence-corrected chi connectivity index (χ1v) is 7.32. The molecule has 5 heteroatoms. The van der Waals surface area contributed by atoms with Crippen LogP contribution >= 0.6 is 0 Å². The van der Waals surface area contributed by atoms with E-state index in [2.05, 4.69) is 15.1 Å². The Morgan fingerprint density at radius 1 is 1.29 bits per heavy atom. The van der Waals surface area contributed by atoms with Crippen molar-refractivity contribution in [3.63, 3.8) is 0 Å². The Hall–Kier alpha value is -1.69. The second kappa shape index (κ2) is 6.39. The zero-order chi connectivity index (χ0) is 14.7. The van der Waals surface area contributed by atoms with Crippen molar-refractivity contribution in [3.05, 3.63) is 41.7 Å². The molecule has 1 aromatic heterocycles. The van der Waals surface area contributed by atoms with Crippen LogP contribution in [-0.4, -0.2) is 53.1 Å². The average Bonchev–Trinajstić information content (AvgIpc) is 2.94. The van der Waals surface area contributed by atoms with Crippen molar-refractivity contribution in [1.29, 1.82) is 0 Å². The quantitative estimate of drug-likeness (QED) is 0.899. The summed E-state index contributed by atoms with van der Waals surface area (Å²) in [7, 11) is 0. The highest BCUT2D eigenvalue weighted by molar-refractivity contribution is 5.65. The third-order valence-electron chi connectivity index (χ3n) is 3.97. The Kier molecular flexibility index (Phi) is 4.34. The number of nitrogens with one attached hydrogen (secondary N) is 1. The molecule has 1 fully saturated rings. The topological polar surface area (TPSA) is 61.4 Å². The Bertz CT molecular complexity index is 573. The molecule has 2 heterocycles. The number of hydrogen-bond donors (Lipinski definition) is 2. The standard InChI is InChI=1S/C16H21N3O2/c1-12-15(10-17-18-12)13-2-4-14(5-3-13)16(20)11-19-6-8-21-9-7-19/h2-5,10,16,20H,6-9,11H2,1H3,(H,17,18)/t16-/m0/s1. The van der Waals surface area contributed by atoms with E-state index < -0.39 is 6.10 Å². The fourth-order valence-corrected chi connectivity index (χ4v) is 2.66. The van der Waals surface area contributed by atoms with Crippen molar-refractivity contribution in [2.24, 2.45) is 0 Å². The summed E-state index contributed by atoms with van der Waals surface area (Å²) in [6.07, 6.45) is 1.37. The molecule has 21 heavy (non-hydrogen) atoms. The van der Waals surface area contributed by atoms with Gasteiger partial charge in [0.25, 0.3) is 0 Å². The van der Waals surface area contributed by atoms with Gasteiger partial charge in [0.05, 0.1) is 25.5 Å². The predicted molar refractivity (Wildman–Crippen MR) is 81.0 cm³/mol. The Morgan fingerprint density at radius 2 is 2.00 bits per heavy atom. The summed E-state index contributed by atoms with van der Waals surface area (Å²) < 4.78 is 5.32. The van der Waals surface area contributed by atoms with Crippen LogP contribution in [0.15, 0.2) is 30.5 Å². The van der Waals surface area contributed by atoms with Crippen LogP contribution in [0.2, 0.25) is 0 Å². The number of aryl methyl sites for hydroxylation is 1. The largest absolute Gasteiger partial charge is 0.387 e. The molecule has 0 unspecified atom stereocenters. The van der Waals surface area contributed by atoms with Gasteiger partial charge in [-0.1, -0.05) is 24.3 Å². The van der Waals surface area contributed by atoms with Crippen LogP contribution in [0.3, 0.4) is 0 Å². The van der Waals surface area contributed by atoms with Crippen molar-refractivity contribution in [1.82, 2.24) is 15.1 Å². The molecule has 2 N–H and O–H groups in total. The molecule has 0 aliphatic carbocycles. The number of H-pyrrole nitrogens is 1. The van der Waals surface area contributed by atoms with E-state index in [1.807, 2.05) is 37.4 Å². The number of benzene rings is 1. The van der Waals surface area contributed by atoms with E-state index in [0.29, 0.717) is 6.54 Å². The van der Waals surface area contributed by atoms with E-state index in [4.69, 9.17) is 4.74 Å². The number of rotatable bonds is 4. The highest BCUT2D eigenvalue weighted by atomic mass is 16.5. The maximum absolute atomic E-state index is 10.3. The number of aromatic nitrogens is 2. The van der Waals surface area contributed by atoms with Gasteiger partial charge in [0.1, 0.15) is 0 Å². The fraction of sp³-hybridized carbons (Fsp3) is 0.438. The minimum absolute atomic E-state index is 0.456. The van der Waals surface area contributed by atoms with Crippen LogP contribution in [0, 0.1) is 6.92 Å². The summed E-state index contributed by atoms with van der Waals surface area (Å²) in [4.78, 5) is 2.24. The Balaban J connectivity index is 1.67. The summed E-state index contributed by atoms with van der Waals surface area (Å²) >= 11 is 0. The molecule has 112 valence electrons. The molecule has 0 saturated carbocycles. The number of aliphatic hydroxyl groups excluding tert-OH is 1. The normalized spacial score (nSPS) is 17.8. The molecular formula is C16H21N3O2. The van der Waals surface area contributed by atoms with Crippen LogP contribution in [0.4, 0.5) is 0 Å². The van der Waals surface area contributed by atoms with E-state index in [-0.39, 0.29) is 0 Å². The van der Waals surface area contributed by atoms with Gasteiger partial charge in [0.2, 0.25) is 0 Å². The molecule has 5 nitrogen and oxygen atoms in total. The van der Waals surface area contributed by atoms with E-state index in [0.717, 1.165) is 48.7 Å². The summed E-state index contributed by atoms with van der Waals surface area (Å²) in [5.41, 5.74) is 4.22. The molecule has 1 aliphatic heterocycles. The fourth-order valence-electron chi connectivity index (χ4n) is 2.66. The first-order valence-electron chi connectivity index (χ1n) is 7.32. The molecular weight excluding hydrogens is 266 g/mol. The van der Waals surface area contributed by atoms with Crippen molar-refractivity contribution < 1.29 is 9.84 Å². The highest BCUT2D eigenvalue weighted by Crippen LogP contribution is 2.24. The number of aliphatic hydroxyl groups is 1. The molecule has 0 spiro atoms. The van der Waals surface area contributed by atoms with Crippen molar-refractivity contribution in [3.8, 4) is 11.1 Å². The number of aromatic amines is 1. The molecule has 0 radical (unpaired) electrons. The SMILES string of the molecule is Cc1[nH]ncc1-c1ccc([C@@H](O)CN2CCOCC2)cc1. The summed E-state index contributed by atoms with van der Waals surface area (Å²) in [5, 5.41) is 17.3. The Morgan fingerprint density at radius 3 is 2.62 bits per heavy atom. The highest BCUT2D eigenvalue weighted by Gasteiger charge is 2.16. The van der Waals surface area contributed by atoms with E-state index in [9.17, 15) is 5.11 Å². The zero-order valence-electron chi connectivity index (χ0n) is 12.2. The summed E-state index contributed by atoms with van der Waals surface area (Å²) in [6, 6.07) is 8.06. The second-order valence-corrected chi connectivity index (χ2v) is 5.46. The lowest BCUT2D eigenvalue weighted by Crippen LogP contribution is -2.38. The number of hydrogen-bond acceptors (Lipinski definition) is 4. The monoisotopic (exact) mass is 287 g/mol. The summed E-state index contributed by atoms with van der Waals surface area (Å²) in [6.45, 7) is 5.96. The first kappa shape index (κ1) is 14.3. The Labute approximate surface area is 124 Å². The minimum Gasteiger partial charge on any atom is -0.387 e. The van der Waals surface area contributed by atoms with Crippen LogP contribution in [-0.2, 0) is 4.74 Å². The second-order valence-electron chi connectivity index (χ2n) is 5.46. The predicted octanol–water partition coefficient (Wildman–Crippen LogP) is 1.75. The van der Waals surface area contributed by atoms with E-state index in [1.165, 1.54) is 0 Å². The maximum Gasteiger partial charge on any atom is 0.0916 e. The lowest BCUT2D eigenvalue weighted by molar-refractivity contribution is 0.0143. The zero-order valence-corrected chi connectivity index (χ0v) is 12.2. The molecule has 0 amide bonds. The van der Waals surface area contributed by atoms with Gasteiger partial charge in [-0.15, -0.1) is 0 Å². The van der Waals surface area contributed by atoms with Crippen LogP contribution in [0.5, 0.6) is 0 Å². The van der Waals surface area contributed by atoms with Gasteiger partial charge in [-0.05, 0) is 18.1 Å². The molecule has 1 aromatic carbocycles. The first-order chi connectivity index (χ1) is 10.2. The van der Waals surface area contributed by atoms with Crippen LogP contribution in [0.25, 0.3) is 11.1 Å². The third-order valence-corrected chi connectivity index (χ3v) is 3.97. The van der Waals surface area contributed by atoms with Gasteiger partial charge in [0.15, 0.2) is 0 Å². The van der Waals surface area contributed by atoms with Gasteiger partial charge >= 0.3 is 0 Å². The summed E-state index contributed by atoms with van der Waals surface area (Å²) in [5.74, 6) is 0. The van der Waals surface area contributed by atoms with Gasteiger partial charge in [-0.2, -0.15) is 5.10 Å². The van der Waals surface area contributed by atoms with Gasteiger partial charge in [0, 0.05) is 30.9 Å².